The minimum absolute atomic E-state index is 0. The molecule has 0 aliphatic rings. The summed E-state index contributed by atoms with van der Waals surface area (Å²) in [6, 6.07) is 6.59. The second kappa shape index (κ2) is 6.74. The Balaban J connectivity index is 0.00000200. The smallest absolute Gasteiger partial charge is 0.229 e. The maximum Gasteiger partial charge on any atom is 0.229 e. The fourth-order valence-electron chi connectivity index (χ4n) is 1.70. The van der Waals surface area contributed by atoms with Gasteiger partial charge in [0.05, 0.1) is 12.4 Å². The van der Waals surface area contributed by atoms with Crippen molar-refractivity contribution in [1.29, 1.82) is 0 Å². The van der Waals surface area contributed by atoms with Crippen molar-refractivity contribution >= 4 is 28.1 Å². The van der Waals surface area contributed by atoms with E-state index in [9.17, 15) is 13.5 Å². The highest BCUT2D eigenvalue weighted by molar-refractivity contribution is 7.92. The third-order valence-corrected chi connectivity index (χ3v) is 3.15. The second-order valence-corrected chi connectivity index (χ2v) is 6.00. The van der Waals surface area contributed by atoms with Gasteiger partial charge < -0.3 is 10.1 Å². The van der Waals surface area contributed by atoms with Crippen LogP contribution in [0.15, 0.2) is 36.7 Å². The Morgan fingerprint density at radius 2 is 2.00 bits per heavy atom. The van der Waals surface area contributed by atoms with Gasteiger partial charge in [0.15, 0.2) is 0 Å². The Hall–Kier alpha value is -1.57. The number of halogens is 1. The van der Waals surface area contributed by atoms with Crippen LogP contribution in [0.4, 0.5) is 5.69 Å². The third-order valence-electron chi connectivity index (χ3n) is 2.54. The van der Waals surface area contributed by atoms with Crippen LogP contribution in [0.25, 0.3) is 0 Å². The van der Waals surface area contributed by atoms with Crippen molar-refractivity contribution in [2.75, 3.05) is 11.0 Å². The molecular weight excluding hydrogens is 302 g/mol. The number of rotatable bonds is 5. The summed E-state index contributed by atoms with van der Waals surface area (Å²) < 4.78 is 24.5. The van der Waals surface area contributed by atoms with Gasteiger partial charge in [-0.3, -0.25) is 4.72 Å². The molecule has 110 valence electrons. The predicted molar refractivity (Wildman–Crippen MR) is 79.4 cm³/mol. The fraction of sp³-hybridized carbons (Fsp3) is 0.250. The Labute approximate surface area is 123 Å². The van der Waals surface area contributed by atoms with Crippen molar-refractivity contribution in [3.05, 3.63) is 48.0 Å². The molecule has 0 bridgehead atoms. The van der Waals surface area contributed by atoms with E-state index in [0.717, 1.165) is 6.26 Å². The summed E-state index contributed by atoms with van der Waals surface area (Å²) in [5.41, 5.74) is 1.17. The van der Waals surface area contributed by atoms with E-state index in [1.54, 1.807) is 36.7 Å². The van der Waals surface area contributed by atoms with Crippen molar-refractivity contribution in [2.45, 2.75) is 12.5 Å². The minimum Gasteiger partial charge on any atom is -0.388 e. The molecule has 0 radical (unpaired) electrons. The molecule has 0 aliphatic carbocycles. The molecule has 8 heteroatoms. The summed E-state index contributed by atoms with van der Waals surface area (Å²) in [5.74, 6) is 0.700. The standard InChI is InChI=1S/C12H15N3O3S.ClH/c1-19(17,18)15-10-4-2-9(3-5-10)11(16)8-12-13-6-7-14-12;/h2-7,11,15-16H,8H2,1H3,(H,13,14);1H. The molecule has 1 atom stereocenters. The Bertz CT molecular complexity index is 626. The predicted octanol–water partition coefficient (Wildman–Crippen LogP) is 1.48. The summed E-state index contributed by atoms with van der Waals surface area (Å²) in [6.07, 6.45) is 4.11. The van der Waals surface area contributed by atoms with Crippen LogP contribution in [-0.2, 0) is 16.4 Å². The molecule has 1 heterocycles. The molecule has 0 amide bonds. The van der Waals surface area contributed by atoms with Crippen LogP contribution in [0.1, 0.15) is 17.5 Å². The van der Waals surface area contributed by atoms with E-state index < -0.39 is 16.1 Å². The molecule has 1 aromatic heterocycles. The van der Waals surface area contributed by atoms with Crippen LogP contribution in [0, 0.1) is 0 Å². The van der Waals surface area contributed by atoms with Gasteiger partial charge >= 0.3 is 0 Å². The number of aliphatic hydroxyl groups is 1. The largest absolute Gasteiger partial charge is 0.388 e. The van der Waals surface area contributed by atoms with Crippen molar-refractivity contribution < 1.29 is 13.5 Å². The lowest BCUT2D eigenvalue weighted by Gasteiger charge is -2.10. The zero-order valence-corrected chi connectivity index (χ0v) is 12.4. The number of aromatic nitrogens is 2. The molecule has 2 aromatic rings. The summed E-state index contributed by atoms with van der Waals surface area (Å²) in [4.78, 5) is 6.96. The number of benzene rings is 1. The number of nitrogens with one attached hydrogen (secondary N) is 2. The first-order valence-corrected chi connectivity index (χ1v) is 7.57. The number of hydrogen-bond acceptors (Lipinski definition) is 4. The van der Waals surface area contributed by atoms with E-state index in [0.29, 0.717) is 23.5 Å². The van der Waals surface area contributed by atoms with Gasteiger partial charge in [0.25, 0.3) is 0 Å². The molecule has 0 saturated heterocycles. The molecule has 0 aliphatic heterocycles. The molecule has 0 saturated carbocycles. The normalized spacial score (nSPS) is 12.5. The van der Waals surface area contributed by atoms with Gasteiger partial charge in [-0.25, -0.2) is 13.4 Å². The molecular formula is C12H16ClN3O3S. The van der Waals surface area contributed by atoms with Gasteiger partial charge in [-0.2, -0.15) is 0 Å². The summed E-state index contributed by atoms with van der Waals surface area (Å²) in [7, 11) is -3.28. The van der Waals surface area contributed by atoms with Crippen molar-refractivity contribution in [2.24, 2.45) is 0 Å². The molecule has 2 rings (SSSR count). The first-order chi connectivity index (χ1) is 8.94. The topological polar surface area (TPSA) is 95.1 Å². The van der Waals surface area contributed by atoms with E-state index in [2.05, 4.69) is 14.7 Å². The number of nitrogens with zero attached hydrogens (tertiary/aromatic N) is 1. The molecule has 1 unspecified atom stereocenters. The minimum atomic E-state index is -3.28. The number of hydrogen-bond donors (Lipinski definition) is 3. The van der Waals surface area contributed by atoms with Gasteiger partial charge in [-0.05, 0) is 17.7 Å². The van der Waals surface area contributed by atoms with Crippen LogP contribution in [-0.4, -0.2) is 29.7 Å². The number of imidazole rings is 1. The monoisotopic (exact) mass is 317 g/mol. The van der Waals surface area contributed by atoms with Gasteiger partial charge in [-0.1, -0.05) is 12.1 Å². The summed E-state index contributed by atoms with van der Waals surface area (Å²) in [6.45, 7) is 0. The number of anilines is 1. The highest BCUT2D eigenvalue weighted by atomic mass is 35.5. The Morgan fingerprint density at radius 1 is 1.35 bits per heavy atom. The average molecular weight is 318 g/mol. The van der Waals surface area contributed by atoms with Crippen LogP contribution < -0.4 is 4.72 Å². The van der Waals surface area contributed by atoms with Gasteiger partial charge in [0.1, 0.15) is 5.82 Å². The zero-order valence-electron chi connectivity index (χ0n) is 10.8. The highest BCUT2D eigenvalue weighted by Crippen LogP contribution is 2.19. The summed E-state index contributed by atoms with van der Waals surface area (Å²) >= 11 is 0. The van der Waals surface area contributed by atoms with Crippen molar-refractivity contribution in [3.8, 4) is 0 Å². The highest BCUT2D eigenvalue weighted by Gasteiger charge is 2.10. The van der Waals surface area contributed by atoms with Crippen LogP contribution in [0.5, 0.6) is 0 Å². The van der Waals surface area contributed by atoms with Crippen LogP contribution in [0.3, 0.4) is 0 Å². The lowest BCUT2D eigenvalue weighted by molar-refractivity contribution is 0.176. The number of H-pyrrole nitrogens is 1. The molecule has 6 nitrogen and oxygen atoms in total. The van der Waals surface area contributed by atoms with Crippen molar-refractivity contribution in [1.82, 2.24) is 9.97 Å². The summed E-state index contributed by atoms with van der Waals surface area (Å²) in [5, 5.41) is 10.0. The maximum atomic E-state index is 11.1. The van der Waals surface area contributed by atoms with Crippen LogP contribution >= 0.6 is 12.4 Å². The van der Waals surface area contributed by atoms with E-state index in [4.69, 9.17) is 0 Å². The molecule has 1 aromatic carbocycles. The molecule has 3 N–H and O–H groups in total. The Kier molecular flexibility index (Phi) is 5.55. The first kappa shape index (κ1) is 16.5. The second-order valence-electron chi connectivity index (χ2n) is 4.25. The SMILES string of the molecule is CS(=O)(=O)Nc1ccc(C(O)Cc2ncc[nH]2)cc1.Cl. The quantitative estimate of drug-likeness (QED) is 0.778. The third kappa shape index (κ3) is 4.84. The van der Waals surface area contributed by atoms with Gasteiger partial charge in [-0.15, -0.1) is 12.4 Å². The average Bonchev–Trinajstić information content (AvgIpc) is 2.80. The molecule has 0 spiro atoms. The zero-order chi connectivity index (χ0) is 13.9. The van der Waals surface area contributed by atoms with Crippen LogP contribution in [0.2, 0.25) is 0 Å². The van der Waals surface area contributed by atoms with Crippen molar-refractivity contribution in [3.63, 3.8) is 0 Å². The molecule has 0 fully saturated rings. The molecule has 20 heavy (non-hydrogen) atoms. The van der Waals surface area contributed by atoms with E-state index in [1.807, 2.05) is 0 Å². The Morgan fingerprint density at radius 3 is 2.50 bits per heavy atom. The van der Waals surface area contributed by atoms with E-state index in [-0.39, 0.29) is 12.4 Å². The van der Waals surface area contributed by atoms with Gasteiger partial charge in [0, 0.05) is 24.5 Å². The lowest BCUT2D eigenvalue weighted by Crippen LogP contribution is -2.09. The lowest BCUT2D eigenvalue weighted by atomic mass is 10.1. The fourth-order valence-corrected chi connectivity index (χ4v) is 2.26. The van der Waals surface area contributed by atoms with E-state index in [1.165, 1.54) is 0 Å². The van der Waals surface area contributed by atoms with E-state index >= 15 is 0 Å². The van der Waals surface area contributed by atoms with Gasteiger partial charge in [0.2, 0.25) is 10.0 Å². The first-order valence-electron chi connectivity index (χ1n) is 5.68. The number of sulfonamides is 1. The maximum absolute atomic E-state index is 11.1. The number of aliphatic hydroxyl groups excluding tert-OH is 1. The number of aromatic amines is 1.